The van der Waals surface area contributed by atoms with E-state index in [1.807, 2.05) is 0 Å². The lowest BCUT2D eigenvalue weighted by atomic mass is 9.75. The predicted molar refractivity (Wildman–Crippen MR) is 149 cm³/mol. The van der Waals surface area contributed by atoms with Crippen LogP contribution in [0.25, 0.3) is 0 Å². The number of aryl methyl sites for hydroxylation is 2. The first kappa shape index (κ1) is 25.3. The van der Waals surface area contributed by atoms with Crippen molar-refractivity contribution in [3.63, 3.8) is 0 Å². The number of anilines is 1. The quantitative estimate of drug-likeness (QED) is 0.379. The molecule has 35 heavy (non-hydrogen) atoms. The zero-order valence-corrected chi connectivity index (χ0v) is 22.0. The van der Waals surface area contributed by atoms with Crippen LogP contribution >= 0.6 is 0 Å². The van der Waals surface area contributed by atoms with Crippen LogP contribution < -0.4 is 5.32 Å². The number of rotatable bonds is 10. The highest BCUT2D eigenvalue weighted by atomic mass is 14.9. The number of hydrogen-bond donors (Lipinski definition) is 1. The van der Waals surface area contributed by atoms with Gasteiger partial charge in [-0.15, -0.1) is 0 Å². The summed E-state index contributed by atoms with van der Waals surface area (Å²) in [6.07, 6.45) is 17.0. The minimum Gasteiger partial charge on any atom is -0.378 e. The lowest BCUT2D eigenvalue weighted by Crippen LogP contribution is -2.23. The summed E-state index contributed by atoms with van der Waals surface area (Å²) in [5.41, 5.74) is 9.29. The molecule has 0 aliphatic heterocycles. The van der Waals surface area contributed by atoms with Crippen LogP contribution in [0.4, 0.5) is 5.69 Å². The zero-order valence-electron chi connectivity index (χ0n) is 22.0. The van der Waals surface area contributed by atoms with Gasteiger partial charge in [-0.25, -0.2) is 0 Å². The third-order valence-corrected chi connectivity index (χ3v) is 8.06. The fourth-order valence-corrected chi connectivity index (χ4v) is 6.07. The van der Waals surface area contributed by atoms with Gasteiger partial charge in [-0.1, -0.05) is 74.7 Å². The largest absolute Gasteiger partial charge is 0.378 e. The molecule has 0 amide bonds. The smallest absolute Gasteiger partial charge is 0.0822 e. The van der Waals surface area contributed by atoms with Crippen LogP contribution in [0.5, 0.6) is 0 Å². The van der Waals surface area contributed by atoms with Crippen LogP contribution in [0, 0.1) is 11.3 Å². The van der Waals surface area contributed by atoms with Crippen molar-refractivity contribution in [2.75, 3.05) is 5.32 Å². The second-order valence-corrected chi connectivity index (χ2v) is 10.6. The maximum Gasteiger partial charge on any atom is 0.0822 e. The van der Waals surface area contributed by atoms with Crippen molar-refractivity contribution in [1.82, 2.24) is 0 Å². The Hall–Kier alpha value is -2.79. The third-order valence-electron chi connectivity index (χ3n) is 8.06. The van der Waals surface area contributed by atoms with E-state index < -0.39 is 0 Å². The van der Waals surface area contributed by atoms with Crippen LogP contribution in [-0.2, 0) is 18.3 Å². The molecule has 0 saturated heterocycles. The van der Waals surface area contributed by atoms with Crippen molar-refractivity contribution in [3.8, 4) is 6.07 Å². The van der Waals surface area contributed by atoms with E-state index in [-0.39, 0.29) is 11.5 Å². The Morgan fingerprint density at radius 3 is 2.26 bits per heavy atom. The van der Waals surface area contributed by atoms with E-state index in [9.17, 15) is 5.26 Å². The van der Waals surface area contributed by atoms with E-state index in [0.717, 1.165) is 56.2 Å². The Morgan fingerprint density at radius 2 is 1.60 bits per heavy atom. The molecule has 2 aliphatic rings. The summed E-state index contributed by atoms with van der Waals surface area (Å²) in [5.74, 6) is 0. The SMILES string of the molecule is CCCC(C#N)(CCC)c1ccc(NC(CC2=CCCC=C2C)c2ccc3c(c2)CCCC3)cc1. The Balaban J connectivity index is 1.61. The van der Waals surface area contributed by atoms with Crippen molar-refractivity contribution in [1.29, 1.82) is 5.26 Å². The van der Waals surface area contributed by atoms with Gasteiger partial charge in [0.25, 0.3) is 0 Å². The molecule has 4 rings (SSSR count). The predicted octanol–water partition coefficient (Wildman–Crippen LogP) is 9.14. The van der Waals surface area contributed by atoms with E-state index in [2.05, 4.69) is 86.8 Å². The lowest BCUT2D eigenvalue weighted by Gasteiger charge is -2.28. The second-order valence-electron chi connectivity index (χ2n) is 10.6. The molecule has 1 atom stereocenters. The summed E-state index contributed by atoms with van der Waals surface area (Å²) < 4.78 is 0. The highest BCUT2D eigenvalue weighted by Gasteiger charge is 2.30. The molecule has 1 unspecified atom stereocenters. The van der Waals surface area contributed by atoms with Crippen LogP contribution in [-0.4, -0.2) is 0 Å². The van der Waals surface area contributed by atoms with E-state index in [4.69, 9.17) is 0 Å². The van der Waals surface area contributed by atoms with Crippen LogP contribution in [0.15, 0.2) is 65.8 Å². The lowest BCUT2D eigenvalue weighted by molar-refractivity contribution is 0.453. The topological polar surface area (TPSA) is 35.8 Å². The molecular formula is C33H42N2. The molecular weight excluding hydrogens is 424 g/mol. The number of nitrogens with one attached hydrogen (secondary N) is 1. The van der Waals surface area contributed by atoms with E-state index in [1.54, 1.807) is 5.56 Å². The molecule has 0 fully saturated rings. The van der Waals surface area contributed by atoms with E-state index in [0.29, 0.717) is 0 Å². The van der Waals surface area contributed by atoms with Crippen LogP contribution in [0.2, 0.25) is 0 Å². The van der Waals surface area contributed by atoms with Gasteiger partial charge < -0.3 is 5.32 Å². The molecule has 184 valence electrons. The summed E-state index contributed by atoms with van der Waals surface area (Å²) in [5, 5.41) is 14.0. The fourth-order valence-electron chi connectivity index (χ4n) is 6.07. The first-order valence-electron chi connectivity index (χ1n) is 13.8. The molecule has 0 aromatic heterocycles. The van der Waals surface area contributed by atoms with Crippen molar-refractivity contribution in [2.45, 2.75) is 103 Å². The second kappa shape index (κ2) is 11.8. The van der Waals surface area contributed by atoms with Gasteiger partial charge in [0.1, 0.15) is 0 Å². The van der Waals surface area contributed by atoms with Crippen molar-refractivity contribution in [3.05, 3.63) is 88.0 Å². The number of nitrogens with zero attached hydrogens (tertiary/aromatic N) is 1. The van der Waals surface area contributed by atoms with Gasteiger partial charge >= 0.3 is 0 Å². The monoisotopic (exact) mass is 466 g/mol. The molecule has 0 saturated carbocycles. The van der Waals surface area contributed by atoms with Crippen molar-refractivity contribution >= 4 is 5.69 Å². The van der Waals surface area contributed by atoms with E-state index in [1.165, 1.54) is 48.0 Å². The molecule has 2 aromatic rings. The number of allylic oxidation sites excluding steroid dienone is 3. The molecule has 2 nitrogen and oxygen atoms in total. The van der Waals surface area contributed by atoms with Crippen LogP contribution in [0.1, 0.15) is 107 Å². The maximum atomic E-state index is 10.1. The minimum atomic E-state index is -0.366. The maximum absolute atomic E-state index is 10.1. The molecule has 2 heteroatoms. The summed E-state index contributed by atoms with van der Waals surface area (Å²) in [4.78, 5) is 0. The molecule has 2 aromatic carbocycles. The van der Waals surface area contributed by atoms with Gasteiger partial charge in [0.15, 0.2) is 0 Å². The minimum absolute atomic E-state index is 0.229. The first-order valence-corrected chi connectivity index (χ1v) is 13.8. The molecule has 0 bridgehead atoms. The first-order chi connectivity index (χ1) is 17.1. The highest BCUT2D eigenvalue weighted by molar-refractivity contribution is 5.51. The van der Waals surface area contributed by atoms with Gasteiger partial charge in [-0.3, -0.25) is 0 Å². The normalized spacial score (nSPS) is 16.5. The average molecular weight is 467 g/mol. The van der Waals surface area contributed by atoms with E-state index >= 15 is 0 Å². The summed E-state index contributed by atoms with van der Waals surface area (Å²) in [6.45, 7) is 6.61. The number of hydrogen-bond acceptors (Lipinski definition) is 2. The van der Waals surface area contributed by atoms with Gasteiger partial charge in [0.05, 0.1) is 17.5 Å². The molecule has 0 radical (unpaired) electrons. The summed E-state index contributed by atoms with van der Waals surface area (Å²) in [7, 11) is 0. The number of fused-ring (bicyclic) bond motifs is 1. The van der Waals surface area contributed by atoms with Gasteiger partial charge in [0.2, 0.25) is 0 Å². The fraction of sp³-hybridized carbons (Fsp3) is 0.485. The molecule has 1 N–H and O–H groups in total. The highest BCUT2D eigenvalue weighted by Crippen LogP contribution is 2.36. The Bertz CT molecular complexity index is 1090. The average Bonchev–Trinajstić information content (AvgIpc) is 2.89. The Labute approximate surface area is 213 Å². The molecule has 2 aliphatic carbocycles. The Morgan fingerprint density at radius 1 is 0.914 bits per heavy atom. The van der Waals surface area contributed by atoms with Gasteiger partial charge in [-0.05, 0) is 105 Å². The van der Waals surface area contributed by atoms with Crippen molar-refractivity contribution < 1.29 is 0 Å². The van der Waals surface area contributed by atoms with Gasteiger partial charge in [-0.2, -0.15) is 5.26 Å². The summed E-state index contributed by atoms with van der Waals surface area (Å²) >= 11 is 0. The summed E-state index contributed by atoms with van der Waals surface area (Å²) in [6, 6.07) is 18.8. The number of nitriles is 1. The molecule has 0 heterocycles. The third kappa shape index (κ3) is 5.90. The van der Waals surface area contributed by atoms with Crippen molar-refractivity contribution in [2.24, 2.45) is 0 Å². The number of benzene rings is 2. The van der Waals surface area contributed by atoms with Crippen LogP contribution in [0.3, 0.4) is 0 Å². The standard InChI is InChI=1S/C33H42N2/c1-4-20-33(24-34,21-5-2)30-16-18-31(19-17-30)35-32(23-27-12-7-6-10-25(27)3)29-15-14-26-11-8-9-13-28(26)22-29/h10,12,14-19,22,32,35H,4-9,11,13,20-21,23H2,1-3H3. The zero-order chi connectivity index (χ0) is 24.7. The Kier molecular flexibility index (Phi) is 8.50. The van der Waals surface area contributed by atoms with Gasteiger partial charge in [0, 0.05) is 5.69 Å². The molecule has 0 spiro atoms.